The van der Waals surface area contributed by atoms with Gasteiger partial charge < -0.3 is 20.9 Å². The molecular weight excluding hydrogens is 478 g/mol. The van der Waals surface area contributed by atoms with Crippen LogP contribution >= 0.6 is 0 Å². The second-order valence-corrected chi connectivity index (χ2v) is 8.96. The molecule has 2 heterocycles. The summed E-state index contributed by atoms with van der Waals surface area (Å²) in [5.41, 5.74) is 2.46. The van der Waals surface area contributed by atoms with Gasteiger partial charge in [0, 0.05) is 22.4 Å². The third kappa shape index (κ3) is 4.22. The Morgan fingerprint density at radius 2 is 1.38 bits per heavy atom. The Morgan fingerprint density at radius 1 is 0.784 bits per heavy atom. The van der Waals surface area contributed by atoms with E-state index >= 15 is 0 Å². The molecule has 37 heavy (non-hydrogen) atoms. The summed E-state index contributed by atoms with van der Waals surface area (Å²) in [4.78, 5) is 37.5. The van der Waals surface area contributed by atoms with Crippen molar-refractivity contribution in [2.24, 2.45) is 5.41 Å². The highest BCUT2D eigenvalue weighted by atomic mass is 19.1. The van der Waals surface area contributed by atoms with Gasteiger partial charge in [-0.1, -0.05) is 0 Å². The number of amides is 2. The van der Waals surface area contributed by atoms with Gasteiger partial charge in [0.2, 0.25) is 11.8 Å². The van der Waals surface area contributed by atoms with Crippen molar-refractivity contribution in [1.29, 1.82) is 0 Å². The van der Waals surface area contributed by atoms with Gasteiger partial charge in [-0.05, 0) is 79.6 Å². The normalized spacial score (nSPS) is 13.9. The van der Waals surface area contributed by atoms with E-state index in [0.717, 1.165) is 5.39 Å². The summed E-state index contributed by atoms with van der Waals surface area (Å²) in [5.74, 6) is -1.04. The number of carbonyl (C=O) groups excluding carboxylic acids is 2. The number of H-pyrrole nitrogens is 1. The second-order valence-electron chi connectivity index (χ2n) is 8.96. The summed E-state index contributed by atoms with van der Waals surface area (Å²) < 4.78 is 26.8. The van der Waals surface area contributed by atoms with Crippen molar-refractivity contribution in [3.63, 3.8) is 0 Å². The first kappa shape index (κ1) is 22.6. The molecule has 0 spiro atoms. The maximum atomic E-state index is 13.6. The first-order valence-electron chi connectivity index (χ1n) is 11.6. The van der Waals surface area contributed by atoms with Gasteiger partial charge in [-0.25, -0.2) is 18.7 Å². The highest BCUT2D eigenvalue weighted by Gasteiger charge is 2.56. The monoisotopic (exact) mass is 498 g/mol. The van der Waals surface area contributed by atoms with Gasteiger partial charge in [-0.15, -0.1) is 0 Å². The first-order chi connectivity index (χ1) is 17.9. The maximum Gasteiger partial charge on any atom is 0.240 e. The van der Waals surface area contributed by atoms with Crippen molar-refractivity contribution < 1.29 is 18.4 Å². The smallest absolute Gasteiger partial charge is 0.240 e. The molecule has 1 saturated carbocycles. The van der Waals surface area contributed by atoms with Crippen molar-refractivity contribution in [2.75, 3.05) is 16.0 Å². The molecule has 6 rings (SSSR count). The number of nitrogens with one attached hydrogen (secondary N) is 4. The fraction of sp³-hybridized carbons (Fsp3) is 0.111. The number of fused-ring (bicyclic) bond motifs is 3. The highest BCUT2D eigenvalue weighted by Crippen LogP contribution is 2.47. The minimum atomic E-state index is -1.15. The van der Waals surface area contributed by atoms with Crippen LogP contribution in [0.15, 0.2) is 73.1 Å². The Kier molecular flexibility index (Phi) is 5.29. The van der Waals surface area contributed by atoms with Gasteiger partial charge in [0.1, 0.15) is 34.4 Å². The molecule has 0 unspecified atom stereocenters. The van der Waals surface area contributed by atoms with Crippen LogP contribution in [0.3, 0.4) is 0 Å². The van der Waals surface area contributed by atoms with E-state index in [1.54, 1.807) is 30.3 Å². The summed E-state index contributed by atoms with van der Waals surface area (Å²) in [6, 6.07) is 16.8. The molecule has 4 N–H and O–H groups in total. The van der Waals surface area contributed by atoms with Crippen LogP contribution in [0.4, 0.5) is 31.7 Å². The average Bonchev–Trinajstić information content (AvgIpc) is 3.63. The zero-order valence-corrected chi connectivity index (χ0v) is 19.3. The number of hydrogen-bond acceptors (Lipinski definition) is 5. The van der Waals surface area contributed by atoms with E-state index in [0.29, 0.717) is 52.3 Å². The quantitative estimate of drug-likeness (QED) is 0.231. The molecule has 184 valence electrons. The Bertz CT molecular complexity index is 1660. The SMILES string of the molecule is O=C(Nc1ccc(F)cc1)C1(C(=O)Nc2ccc(Nc3ncnc4c3[nH]c3cc(F)ccc34)cc2)CC1. The third-order valence-electron chi connectivity index (χ3n) is 6.47. The molecule has 0 saturated heterocycles. The van der Waals surface area contributed by atoms with Crippen LogP contribution < -0.4 is 16.0 Å². The van der Waals surface area contributed by atoms with Gasteiger partial charge in [0.05, 0.1) is 5.52 Å². The third-order valence-corrected chi connectivity index (χ3v) is 6.47. The summed E-state index contributed by atoms with van der Waals surface area (Å²) in [7, 11) is 0. The molecule has 3 aromatic carbocycles. The van der Waals surface area contributed by atoms with Crippen LogP contribution in [0.25, 0.3) is 21.9 Å². The van der Waals surface area contributed by atoms with Gasteiger partial charge in [-0.3, -0.25) is 9.59 Å². The average molecular weight is 498 g/mol. The van der Waals surface area contributed by atoms with Gasteiger partial charge in [-0.2, -0.15) is 0 Å². The zero-order chi connectivity index (χ0) is 25.6. The van der Waals surface area contributed by atoms with E-state index in [1.165, 1.54) is 42.7 Å². The number of aromatic nitrogens is 3. The number of anilines is 4. The van der Waals surface area contributed by atoms with Crippen molar-refractivity contribution in [3.05, 3.63) is 84.7 Å². The van der Waals surface area contributed by atoms with E-state index in [4.69, 9.17) is 0 Å². The largest absolute Gasteiger partial charge is 0.350 e. The molecule has 1 aliphatic rings. The molecule has 0 radical (unpaired) electrons. The van der Waals surface area contributed by atoms with Crippen LogP contribution in [0.1, 0.15) is 12.8 Å². The molecule has 10 heteroatoms. The maximum absolute atomic E-state index is 13.6. The molecular formula is C27H20F2N6O2. The number of benzene rings is 3. The van der Waals surface area contributed by atoms with Crippen molar-refractivity contribution in [2.45, 2.75) is 12.8 Å². The van der Waals surface area contributed by atoms with Crippen molar-refractivity contribution >= 4 is 56.6 Å². The lowest BCUT2D eigenvalue weighted by Crippen LogP contribution is -2.35. The fourth-order valence-electron chi connectivity index (χ4n) is 4.25. The van der Waals surface area contributed by atoms with Crippen LogP contribution in [-0.4, -0.2) is 26.8 Å². The number of rotatable bonds is 6. The van der Waals surface area contributed by atoms with Gasteiger partial charge >= 0.3 is 0 Å². The van der Waals surface area contributed by atoms with Crippen molar-refractivity contribution in [3.8, 4) is 0 Å². The Morgan fingerprint density at radius 3 is 2.03 bits per heavy atom. The Balaban J connectivity index is 1.15. The van der Waals surface area contributed by atoms with Crippen LogP contribution in [0.2, 0.25) is 0 Å². The van der Waals surface area contributed by atoms with Gasteiger partial charge in [0.15, 0.2) is 5.82 Å². The molecule has 0 atom stereocenters. The Labute approximate surface area is 209 Å². The molecule has 8 nitrogen and oxygen atoms in total. The topological polar surface area (TPSA) is 112 Å². The Hall–Kier alpha value is -4.86. The van der Waals surface area contributed by atoms with E-state index in [9.17, 15) is 18.4 Å². The number of aromatic amines is 1. The standard InChI is InChI=1S/C27H20F2N6O2/c28-15-1-4-18(5-2-15)33-25(36)27(11-12-27)26(37)34-19-8-6-17(7-9-19)32-24-23-22(30-14-31-24)20-10-3-16(29)13-21(20)35-23/h1-10,13-14,35H,11-12H2,(H,33,36)(H,34,37)(H,30,31,32). The van der Waals surface area contributed by atoms with E-state index in [1.807, 2.05) is 0 Å². The van der Waals surface area contributed by atoms with E-state index in [-0.39, 0.29) is 5.82 Å². The highest BCUT2D eigenvalue weighted by molar-refractivity contribution is 6.17. The molecule has 2 amide bonds. The first-order valence-corrected chi connectivity index (χ1v) is 11.6. The molecule has 1 aliphatic carbocycles. The molecule has 2 aromatic heterocycles. The van der Waals surface area contributed by atoms with Crippen LogP contribution in [0, 0.1) is 17.0 Å². The van der Waals surface area contributed by atoms with E-state index < -0.39 is 23.0 Å². The lowest BCUT2D eigenvalue weighted by molar-refractivity contribution is -0.131. The molecule has 1 fully saturated rings. The molecule has 0 bridgehead atoms. The molecule has 0 aliphatic heterocycles. The van der Waals surface area contributed by atoms with Crippen molar-refractivity contribution in [1.82, 2.24) is 15.0 Å². The number of nitrogens with zero attached hydrogens (tertiary/aromatic N) is 2. The van der Waals surface area contributed by atoms with E-state index in [2.05, 4.69) is 30.9 Å². The summed E-state index contributed by atoms with van der Waals surface area (Å²) in [6.45, 7) is 0. The minimum absolute atomic E-state index is 0.347. The zero-order valence-electron chi connectivity index (χ0n) is 19.3. The van der Waals surface area contributed by atoms with Crippen LogP contribution in [-0.2, 0) is 9.59 Å². The lowest BCUT2D eigenvalue weighted by atomic mass is 10.0. The fourth-order valence-corrected chi connectivity index (χ4v) is 4.25. The number of halogens is 2. The number of carbonyl (C=O) groups is 2. The lowest BCUT2D eigenvalue weighted by Gasteiger charge is -2.16. The predicted molar refractivity (Wildman–Crippen MR) is 136 cm³/mol. The van der Waals surface area contributed by atoms with Crippen LogP contribution in [0.5, 0.6) is 0 Å². The number of hydrogen-bond donors (Lipinski definition) is 4. The summed E-state index contributed by atoms with van der Waals surface area (Å²) >= 11 is 0. The molecule has 5 aromatic rings. The minimum Gasteiger partial charge on any atom is -0.350 e. The summed E-state index contributed by atoms with van der Waals surface area (Å²) in [6.07, 6.45) is 2.30. The van der Waals surface area contributed by atoms with Gasteiger partial charge in [0.25, 0.3) is 0 Å². The second kappa shape index (κ2) is 8.66. The summed E-state index contributed by atoms with van der Waals surface area (Å²) in [5, 5.41) is 9.50. The predicted octanol–water partition coefficient (Wildman–Crippen LogP) is 5.49.